The predicted molar refractivity (Wildman–Crippen MR) is 97.5 cm³/mol. The van der Waals surface area contributed by atoms with Crippen LogP contribution in [0.2, 0.25) is 0 Å². The minimum absolute atomic E-state index is 0.0586. The number of rotatable bonds is 4. The van der Waals surface area contributed by atoms with Gasteiger partial charge >= 0.3 is 6.09 Å². The normalized spacial score (nSPS) is 26.2. The molecule has 0 aromatic heterocycles. The zero-order chi connectivity index (χ0) is 18.4. The quantitative estimate of drug-likeness (QED) is 0.896. The number of nitrogens with one attached hydrogen (secondary N) is 1. The van der Waals surface area contributed by atoms with Crippen LogP contribution < -0.4 is 5.32 Å². The maximum atomic E-state index is 12.6. The van der Waals surface area contributed by atoms with Gasteiger partial charge in [-0.1, -0.05) is 30.3 Å². The molecular formula is C20H28N2O4. The monoisotopic (exact) mass is 360 g/mol. The van der Waals surface area contributed by atoms with E-state index in [2.05, 4.69) is 5.32 Å². The van der Waals surface area contributed by atoms with Crippen LogP contribution in [0.1, 0.15) is 38.2 Å². The summed E-state index contributed by atoms with van der Waals surface area (Å²) in [5, 5.41) is 3.00. The number of nitrogens with zero attached hydrogens (tertiary/aromatic N) is 1. The molecule has 0 atom stereocenters. The summed E-state index contributed by atoms with van der Waals surface area (Å²) < 4.78 is 10.6. The summed E-state index contributed by atoms with van der Waals surface area (Å²) >= 11 is 0. The first-order valence-electron chi connectivity index (χ1n) is 9.41. The number of morpholine rings is 1. The van der Waals surface area contributed by atoms with Crippen LogP contribution in [-0.4, -0.2) is 48.7 Å². The van der Waals surface area contributed by atoms with Crippen LogP contribution in [-0.2, 0) is 20.9 Å². The second-order valence-corrected chi connectivity index (χ2v) is 7.46. The first-order chi connectivity index (χ1) is 12.6. The van der Waals surface area contributed by atoms with E-state index in [1.165, 1.54) is 0 Å². The molecule has 26 heavy (non-hydrogen) atoms. The zero-order valence-corrected chi connectivity index (χ0v) is 15.4. The van der Waals surface area contributed by atoms with Crippen molar-refractivity contribution in [1.29, 1.82) is 0 Å². The molecule has 0 radical (unpaired) electrons. The molecule has 2 fully saturated rings. The van der Waals surface area contributed by atoms with Crippen LogP contribution in [0.3, 0.4) is 0 Å². The molecule has 1 aliphatic heterocycles. The molecule has 1 aliphatic carbocycles. The van der Waals surface area contributed by atoms with Gasteiger partial charge in [-0.15, -0.1) is 0 Å². The van der Waals surface area contributed by atoms with Crippen LogP contribution in [0, 0.1) is 5.92 Å². The van der Waals surface area contributed by atoms with E-state index < -0.39 is 6.09 Å². The fraction of sp³-hybridized carbons (Fsp3) is 0.600. The van der Waals surface area contributed by atoms with Gasteiger partial charge in [0.25, 0.3) is 0 Å². The van der Waals surface area contributed by atoms with E-state index in [0.29, 0.717) is 26.3 Å². The van der Waals surface area contributed by atoms with Crippen molar-refractivity contribution in [2.24, 2.45) is 5.92 Å². The average Bonchev–Trinajstić information content (AvgIpc) is 2.68. The Balaban J connectivity index is 1.43. The van der Waals surface area contributed by atoms with E-state index in [-0.39, 0.29) is 24.0 Å². The number of carbonyl (C=O) groups is 2. The van der Waals surface area contributed by atoms with Gasteiger partial charge in [0.2, 0.25) is 5.91 Å². The second-order valence-electron chi connectivity index (χ2n) is 7.46. The molecule has 1 heterocycles. The van der Waals surface area contributed by atoms with Crippen LogP contribution in [0.25, 0.3) is 0 Å². The van der Waals surface area contributed by atoms with Crippen molar-refractivity contribution >= 4 is 12.0 Å². The number of hydrogen-bond donors (Lipinski definition) is 1. The lowest BCUT2D eigenvalue weighted by atomic mass is 9.77. The van der Waals surface area contributed by atoms with Crippen molar-refractivity contribution in [2.45, 2.75) is 44.8 Å². The van der Waals surface area contributed by atoms with Gasteiger partial charge in [-0.2, -0.15) is 0 Å². The molecule has 2 amide bonds. The highest BCUT2D eigenvalue weighted by molar-refractivity contribution is 5.79. The third-order valence-electron chi connectivity index (χ3n) is 5.38. The largest absolute Gasteiger partial charge is 0.445 e. The molecule has 1 saturated heterocycles. The lowest BCUT2D eigenvalue weighted by molar-refractivity contribution is -0.141. The predicted octanol–water partition coefficient (Wildman–Crippen LogP) is 2.72. The highest BCUT2D eigenvalue weighted by Gasteiger charge is 2.37. The Morgan fingerprint density at radius 1 is 1.19 bits per heavy atom. The summed E-state index contributed by atoms with van der Waals surface area (Å²) in [5.41, 5.74) is 0.655. The van der Waals surface area contributed by atoms with Crippen molar-refractivity contribution < 1.29 is 19.1 Å². The van der Waals surface area contributed by atoms with Crippen molar-refractivity contribution in [2.75, 3.05) is 26.3 Å². The van der Waals surface area contributed by atoms with Crippen LogP contribution in [0.5, 0.6) is 0 Å². The topological polar surface area (TPSA) is 67.9 Å². The number of benzene rings is 1. The molecule has 6 nitrogen and oxygen atoms in total. The third kappa shape index (κ3) is 4.97. The Labute approximate surface area is 154 Å². The molecule has 142 valence electrons. The summed E-state index contributed by atoms with van der Waals surface area (Å²) in [6.07, 6.45) is 2.77. The molecule has 0 spiro atoms. The van der Waals surface area contributed by atoms with Crippen molar-refractivity contribution in [1.82, 2.24) is 10.2 Å². The average molecular weight is 360 g/mol. The van der Waals surface area contributed by atoms with Gasteiger partial charge < -0.3 is 19.7 Å². The smallest absolute Gasteiger partial charge is 0.407 e. The number of alkyl carbamates (subject to hydrolysis) is 1. The van der Waals surface area contributed by atoms with Gasteiger partial charge in [-0.25, -0.2) is 4.79 Å². The Bertz CT molecular complexity index is 605. The number of amides is 2. The lowest BCUT2D eigenvalue weighted by Crippen LogP contribution is -2.51. The minimum Gasteiger partial charge on any atom is -0.445 e. The molecule has 1 N–H and O–H groups in total. The highest BCUT2D eigenvalue weighted by Crippen LogP contribution is 2.33. The highest BCUT2D eigenvalue weighted by atomic mass is 16.5. The zero-order valence-electron chi connectivity index (χ0n) is 15.4. The molecule has 1 saturated carbocycles. The summed E-state index contributed by atoms with van der Waals surface area (Å²) in [4.78, 5) is 26.6. The standard InChI is InChI=1S/C20H28N2O4/c1-20(21-19(24)26-15-16-5-3-2-4-6-16)9-7-17(8-10-20)18(23)22-11-13-25-14-12-22/h2-6,17H,7-15H2,1H3,(H,21,24). The Kier molecular flexibility index (Phi) is 6.14. The van der Waals surface area contributed by atoms with Gasteiger partial charge in [-0.3, -0.25) is 4.79 Å². The van der Waals surface area contributed by atoms with Gasteiger partial charge in [0.1, 0.15) is 6.61 Å². The summed E-state index contributed by atoms with van der Waals surface area (Å²) in [6, 6.07) is 9.63. The first kappa shape index (κ1) is 18.7. The Hall–Kier alpha value is -2.08. The van der Waals surface area contributed by atoms with E-state index in [4.69, 9.17) is 9.47 Å². The van der Waals surface area contributed by atoms with E-state index in [0.717, 1.165) is 31.2 Å². The Morgan fingerprint density at radius 3 is 2.50 bits per heavy atom. The van der Waals surface area contributed by atoms with E-state index in [9.17, 15) is 9.59 Å². The minimum atomic E-state index is -0.394. The fourth-order valence-electron chi connectivity index (χ4n) is 3.67. The summed E-state index contributed by atoms with van der Waals surface area (Å²) in [6.45, 7) is 4.94. The maximum Gasteiger partial charge on any atom is 0.407 e. The Morgan fingerprint density at radius 2 is 1.85 bits per heavy atom. The first-order valence-corrected chi connectivity index (χ1v) is 9.41. The van der Waals surface area contributed by atoms with E-state index >= 15 is 0 Å². The van der Waals surface area contributed by atoms with Crippen LogP contribution >= 0.6 is 0 Å². The number of carbonyl (C=O) groups excluding carboxylic acids is 2. The van der Waals surface area contributed by atoms with Crippen molar-refractivity contribution in [3.05, 3.63) is 35.9 Å². The van der Waals surface area contributed by atoms with E-state index in [1.54, 1.807) is 0 Å². The van der Waals surface area contributed by atoms with Gasteiger partial charge in [0, 0.05) is 24.5 Å². The molecule has 3 rings (SSSR count). The van der Waals surface area contributed by atoms with E-state index in [1.807, 2.05) is 42.2 Å². The molecule has 0 unspecified atom stereocenters. The molecular weight excluding hydrogens is 332 g/mol. The molecule has 1 aromatic carbocycles. The molecule has 0 bridgehead atoms. The third-order valence-corrected chi connectivity index (χ3v) is 5.38. The van der Waals surface area contributed by atoms with Crippen molar-refractivity contribution in [3.8, 4) is 0 Å². The van der Waals surface area contributed by atoms with Crippen LogP contribution in [0.15, 0.2) is 30.3 Å². The number of hydrogen-bond acceptors (Lipinski definition) is 4. The number of ether oxygens (including phenoxy) is 2. The van der Waals surface area contributed by atoms with Crippen LogP contribution in [0.4, 0.5) is 4.79 Å². The van der Waals surface area contributed by atoms with Gasteiger partial charge in [0.05, 0.1) is 13.2 Å². The second kappa shape index (κ2) is 8.54. The van der Waals surface area contributed by atoms with Gasteiger partial charge in [-0.05, 0) is 38.2 Å². The van der Waals surface area contributed by atoms with Crippen molar-refractivity contribution in [3.63, 3.8) is 0 Å². The summed E-state index contributed by atoms with van der Waals surface area (Å²) in [7, 11) is 0. The van der Waals surface area contributed by atoms with Gasteiger partial charge in [0.15, 0.2) is 0 Å². The lowest BCUT2D eigenvalue weighted by Gasteiger charge is -2.39. The fourth-order valence-corrected chi connectivity index (χ4v) is 3.67. The molecule has 2 aliphatic rings. The molecule has 1 aromatic rings. The summed E-state index contributed by atoms with van der Waals surface area (Å²) in [5.74, 6) is 0.297. The SMILES string of the molecule is CC1(NC(=O)OCc2ccccc2)CCC(C(=O)N2CCOCC2)CC1. The molecule has 6 heteroatoms. The maximum absolute atomic E-state index is 12.6.